The summed E-state index contributed by atoms with van der Waals surface area (Å²) in [4.78, 5) is 36.7. The number of ether oxygens (including phenoxy) is 1. The van der Waals surface area contributed by atoms with Crippen molar-refractivity contribution in [2.24, 2.45) is 11.8 Å². The molecule has 0 aliphatic carbocycles. The number of nitrogens with zero attached hydrogens (tertiary/aromatic N) is 1. The highest BCUT2D eigenvalue weighted by atomic mass is 16.5. The number of carbonyl (C=O) groups is 3. The van der Waals surface area contributed by atoms with Crippen LogP contribution in [0.3, 0.4) is 0 Å². The molecule has 1 aliphatic heterocycles. The summed E-state index contributed by atoms with van der Waals surface area (Å²) in [6, 6.07) is 0. The van der Waals surface area contributed by atoms with Gasteiger partial charge in [-0.05, 0) is 19.8 Å². The van der Waals surface area contributed by atoms with Gasteiger partial charge in [-0.2, -0.15) is 0 Å². The largest absolute Gasteiger partial charge is 0.481 e. The number of piperidine rings is 1. The van der Waals surface area contributed by atoms with Crippen molar-refractivity contribution in [1.29, 1.82) is 0 Å². The molecule has 118 valence electrons. The van der Waals surface area contributed by atoms with Crippen molar-refractivity contribution in [2.75, 3.05) is 13.2 Å². The standard InChI is InChI=1S/C15H23NO5/c1-4-6-7-16-10(3)12(15(20)21-5-2)8-11(14(16)19)9-13(17)18/h11-12H,3-9H2,1-2H3,(H,17,18)/t11-,12+/m0/s1. The van der Waals surface area contributed by atoms with Crippen LogP contribution in [0, 0.1) is 11.8 Å². The van der Waals surface area contributed by atoms with E-state index in [0.29, 0.717) is 12.2 Å². The molecule has 0 saturated carbocycles. The minimum absolute atomic E-state index is 0.158. The van der Waals surface area contributed by atoms with Crippen molar-refractivity contribution >= 4 is 17.8 Å². The predicted molar refractivity (Wildman–Crippen MR) is 76.2 cm³/mol. The van der Waals surface area contributed by atoms with E-state index in [1.54, 1.807) is 6.92 Å². The lowest BCUT2D eigenvalue weighted by molar-refractivity contribution is -0.154. The monoisotopic (exact) mass is 297 g/mol. The van der Waals surface area contributed by atoms with Crippen molar-refractivity contribution in [1.82, 2.24) is 4.90 Å². The van der Waals surface area contributed by atoms with Crippen LogP contribution in [0.1, 0.15) is 39.5 Å². The van der Waals surface area contributed by atoms with Gasteiger partial charge in [-0.25, -0.2) is 0 Å². The number of unbranched alkanes of at least 4 members (excludes halogenated alkanes) is 1. The topological polar surface area (TPSA) is 83.9 Å². The molecule has 0 spiro atoms. The van der Waals surface area contributed by atoms with Gasteiger partial charge < -0.3 is 14.7 Å². The Bertz CT molecular complexity index is 428. The van der Waals surface area contributed by atoms with Crippen LogP contribution in [0.15, 0.2) is 12.3 Å². The summed E-state index contributed by atoms with van der Waals surface area (Å²) in [5.74, 6) is -3.06. The van der Waals surface area contributed by atoms with Crippen LogP contribution in [-0.2, 0) is 19.1 Å². The summed E-state index contributed by atoms with van der Waals surface area (Å²) in [5.41, 5.74) is 0.425. The molecule has 2 atom stereocenters. The molecular weight excluding hydrogens is 274 g/mol. The third-order valence-electron chi connectivity index (χ3n) is 3.61. The summed E-state index contributed by atoms with van der Waals surface area (Å²) in [5, 5.41) is 8.93. The summed E-state index contributed by atoms with van der Waals surface area (Å²) >= 11 is 0. The Balaban J connectivity index is 2.94. The van der Waals surface area contributed by atoms with Crippen LogP contribution in [0.2, 0.25) is 0 Å². The van der Waals surface area contributed by atoms with Crippen molar-refractivity contribution in [3.63, 3.8) is 0 Å². The van der Waals surface area contributed by atoms with Crippen molar-refractivity contribution in [3.8, 4) is 0 Å². The van der Waals surface area contributed by atoms with Crippen LogP contribution < -0.4 is 0 Å². The number of esters is 1. The maximum atomic E-state index is 12.4. The molecule has 1 saturated heterocycles. The average Bonchev–Trinajstić information content (AvgIpc) is 2.41. The number of carbonyl (C=O) groups excluding carboxylic acids is 2. The smallest absolute Gasteiger partial charge is 0.314 e. The number of carboxylic acid groups (broad SMARTS) is 1. The van der Waals surface area contributed by atoms with Gasteiger partial charge in [-0.15, -0.1) is 0 Å². The van der Waals surface area contributed by atoms with E-state index < -0.39 is 23.8 Å². The Morgan fingerprint density at radius 1 is 1.43 bits per heavy atom. The molecule has 1 rings (SSSR count). The molecule has 1 amide bonds. The fourth-order valence-corrected chi connectivity index (χ4v) is 2.50. The van der Waals surface area contributed by atoms with Gasteiger partial charge >= 0.3 is 11.9 Å². The molecule has 1 heterocycles. The highest BCUT2D eigenvalue weighted by molar-refractivity contribution is 5.89. The zero-order chi connectivity index (χ0) is 16.0. The average molecular weight is 297 g/mol. The molecule has 6 heteroatoms. The second-order valence-electron chi connectivity index (χ2n) is 5.17. The number of carboxylic acids is 1. The van der Waals surface area contributed by atoms with Crippen molar-refractivity contribution in [2.45, 2.75) is 39.5 Å². The van der Waals surface area contributed by atoms with Crippen molar-refractivity contribution in [3.05, 3.63) is 12.3 Å². The molecule has 0 unspecified atom stereocenters. The first-order valence-electron chi connectivity index (χ1n) is 7.30. The highest BCUT2D eigenvalue weighted by Crippen LogP contribution is 2.33. The van der Waals surface area contributed by atoms with Gasteiger partial charge in [0, 0.05) is 12.2 Å². The van der Waals surface area contributed by atoms with E-state index in [4.69, 9.17) is 9.84 Å². The van der Waals surface area contributed by atoms with Crippen molar-refractivity contribution < 1.29 is 24.2 Å². The van der Waals surface area contributed by atoms with E-state index >= 15 is 0 Å². The van der Waals surface area contributed by atoms with Crippen LogP contribution >= 0.6 is 0 Å². The SMILES string of the molecule is C=C1[C@H](C(=O)OCC)C[C@@H](CC(=O)O)C(=O)N1CCCC. The van der Waals surface area contributed by atoms with Crippen LogP contribution in [-0.4, -0.2) is 41.0 Å². The molecule has 0 radical (unpaired) electrons. The van der Waals surface area contributed by atoms with E-state index in [-0.39, 0.29) is 25.4 Å². The summed E-state index contributed by atoms with van der Waals surface area (Å²) in [6.45, 7) is 8.26. The number of aliphatic carboxylic acids is 1. The lowest BCUT2D eigenvalue weighted by atomic mass is 9.84. The lowest BCUT2D eigenvalue weighted by Gasteiger charge is -2.37. The third-order valence-corrected chi connectivity index (χ3v) is 3.61. The molecule has 1 aliphatic rings. The number of hydrogen-bond donors (Lipinski definition) is 1. The Kier molecular flexibility index (Phi) is 6.39. The Morgan fingerprint density at radius 2 is 2.10 bits per heavy atom. The zero-order valence-electron chi connectivity index (χ0n) is 12.6. The van der Waals surface area contributed by atoms with E-state index in [1.165, 1.54) is 4.90 Å². The van der Waals surface area contributed by atoms with Gasteiger partial charge in [0.1, 0.15) is 0 Å². The lowest BCUT2D eigenvalue weighted by Crippen LogP contribution is -2.46. The van der Waals surface area contributed by atoms with Crippen LogP contribution in [0.25, 0.3) is 0 Å². The third kappa shape index (κ3) is 4.31. The second kappa shape index (κ2) is 7.81. The second-order valence-corrected chi connectivity index (χ2v) is 5.17. The van der Waals surface area contributed by atoms with Gasteiger partial charge in [-0.3, -0.25) is 14.4 Å². The molecular formula is C15H23NO5. The molecule has 0 bridgehead atoms. The first-order chi connectivity index (χ1) is 9.92. The van der Waals surface area contributed by atoms with E-state index in [9.17, 15) is 14.4 Å². The Hall–Kier alpha value is -1.85. The summed E-state index contributed by atoms with van der Waals surface area (Å²) in [7, 11) is 0. The molecule has 0 aromatic rings. The maximum Gasteiger partial charge on any atom is 0.314 e. The highest BCUT2D eigenvalue weighted by Gasteiger charge is 2.41. The van der Waals surface area contributed by atoms with E-state index in [0.717, 1.165) is 12.8 Å². The molecule has 21 heavy (non-hydrogen) atoms. The Morgan fingerprint density at radius 3 is 2.62 bits per heavy atom. The molecule has 1 fully saturated rings. The Labute approximate surface area is 124 Å². The quantitative estimate of drug-likeness (QED) is 0.724. The number of hydrogen-bond acceptors (Lipinski definition) is 4. The molecule has 1 N–H and O–H groups in total. The normalized spacial score (nSPS) is 22.3. The number of amides is 1. The van der Waals surface area contributed by atoms with E-state index in [2.05, 4.69) is 6.58 Å². The first kappa shape index (κ1) is 17.2. The fourth-order valence-electron chi connectivity index (χ4n) is 2.50. The molecule has 0 aromatic carbocycles. The van der Waals surface area contributed by atoms with Crippen LogP contribution in [0.5, 0.6) is 0 Å². The maximum absolute atomic E-state index is 12.4. The predicted octanol–water partition coefficient (Wildman–Crippen LogP) is 1.80. The van der Waals surface area contributed by atoms with Crippen LogP contribution in [0.4, 0.5) is 0 Å². The summed E-state index contributed by atoms with van der Waals surface area (Å²) < 4.78 is 5.01. The fraction of sp³-hybridized carbons (Fsp3) is 0.667. The van der Waals surface area contributed by atoms with E-state index in [1.807, 2.05) is 6.92 Å². The molecule has 6 nitrogen and oxygen atoms in total. The summed E-state index contributed by atoms with van der Waals surface area (Å²) in [6.07, 6.45) is 1.56. The minimum Gasteiger partial charge on any atom is -0.481 e. The van der Waals surface area contributed by atoms with Gasteiger partial charge in [-0.1, -0.05) is 19.9 Å². The molecule has 0 aromatic heterocycles. The van der Waals surface area contributed by atoms with Gasteiger partial charge in [0.2, 0.25) is 5.91 Å². The van der Waals surface area contributed by atoms with Gasteiger partial charge in [0.05, 0.1) is 24.9 Å². The van der Waals surface area contributed by atoms with Gasteiger partial charge in [0.15, 0.2) is 0 Å². The van der Waals surface area contributed by atoms with Gasteiger partial charge in [0.25, 0.3) is 0 Å². The first-order valence-corrected chi connectivity index (χ1v) is 7.30. The number of rotatable bonds is 7. The number of likely N-dealkylation sites (tertiary alicyclic amines) is 1. The minimum atomic E-state index is -1.04. The zero-order valence-corrected chi connectivity index (χ0v) is 12.6.